The van der Waals surface area contributed by atoms with Gasteiger partial charge in [-0.15, -0.1) is 6.58 Å². The largest absolute Gasteiger partial charge is 0.360 e. The van der Waals surface area contributed by atoms with Crippen LogP contribution in [-0.4, -0.2) is 22.6 Å². The summed E-state index contributed by atoms with van der Waals surface area (Å²) in [4.78, 5) is 13.9. The maximum absolute atomic E-state index is 12.3. The number of urea groups is 1. The predicted molar refractivity (Wildman–Crippen MR) is 82.0 cm³/mol. The molecule has 0 bridgehead atoms. The minimum absolute atomic E-state index is 0.310. The molecule has 0 aliphatic rings. The van der Waals surface area contributed by atoms with Gasteiger partial charge in [-0.3, -0.25) is 5.32 Å². The summed E-state index contributed by atoms with van der Waals surface area (Å²) in [5.74, 6) is 0.981. The van der Waals surface area contributed by atoms with Gasteiger partial charge in [-0.2, -0.15) is 5.26 Å². The van der Waals surface area contributed by atoms with E-state index in [0.29, 0.717) is 30.2 Å². The van der Waals surface area contributed by atoms with Crippen molar-refractivity contribution in [2.75, 3.05) is 11.9 Å². The molecule has 0 aliphatic heterocycles. The van der Waals surface area contributed by atoms with Gasteiger partial charge in [0.2, 0.25) is 0 Å². The zero-order chi connectivity index (χ0) is 15.9. The van der Waals surface area contributed by atoms with Gasteiger partial charge in [0, 0.05) is 19.2 Å². The van der Waals surface area contributed by atoms with Crippen LogP contribution < -0.4 is 5.32 Å². The molecule has 6 heteroatoms. The number of carbonyl (C=O) groups excluding carboxylic acids is 1. The maximum Gasteiger partial charge on any atom is 0.323 e. The molecule has 0 fully saturated rings. The van der Waals surface area contributed by atoms with Crippen LogP contribution in [0.2, 0.25) is 0 Å². The zero-order valence-electron chi connectivity index (χ0n) is 12.2. The highest BCUT2D eigenvalue weighted by atomic mass is 16.5. The third-order valence-corrected chi connectivity index (χ3v) is 2.93. The number of amides is 2. The van der Waals surface area contributed by atoms with E-state index >= 15 is 0 Å². The smallest absolute Gasteiger partial charge is 0.323 e. The lowest BCUT2D eigenvalue weighted by Gasteiger charge is -2.21. The topological polar surface area (TPSA) is 82.2 Å². The molecule has 0 unspecified atom stereocenters. The van der Waals surface area contributed by atoms with Crippen molar-refractivity contribution in [2.24, 2.45) is 0 Å². The minimum atomic E-state index is -0.310. The highest BCUT2D eigenvalue weighted by Crippen LogP contribution is 2.11. The molecule has 0 atom stereocenters. The second kappa shape index (κ2) is 7.09. The fourth-order valence-corrected chi connectivity index (χ4v) is 1.95. The van der Waals surface area contributed by atoms with Crippen molar-refractivity contribution in [2.45, 2.75) is 13.5 Å². The number of aryl methyl sites for hydroxylation is 1. The number of carbonyl (C=O) groups is 1. The summed E-state index contributed by atoms with van der Waals surface area (Å²) in [6.45, 7) is 6.15. The molecule has 112 valence electrons. The van der Waals surface area contributed by atoms with Crippen molar-refractivity contribution in [3.8, 4) is 6.07 Å². The Balaban J connectivity index is 2.09. The van der Waals surface area contributed by atoms with Gasteiger partial charge in [0.25, 0.3) is 0 Å². The molecule has 1 heterocycles. The molecule has 2 amide bonds. The Morgan fingerprint density at radius 3 is 3.00 bits per heavy atom. The average molecular weight is 296 g/mol. The quantitative estimate of drug-likeness (QED) is 0.860. The number of nitrogens with zero attached hydrogens (tertiary/aromatic N) is 3. The first-order valence-electron chi connectivity index (χ1n) is 6.71. The van der Waals surface area contributed by atoms with Gasteiger partial charge in [0.05, 0.1) is 11.6 Å². The summed E-state index contributed by atoms with van der Waals surface area (Å²) in [5.41, 5.74) is 1.43. The highest BCUT2D eigenvalue weighted by molar-refractivity contribution is 5.88. The van der Waals surface area contributed by atoms with Crippen LogP contribution in [0.1, 0.15) is 16.9 Å². The van der Waals surface area contributed by atoms with E-state index in [4.69, 9.17) is 9.78 Å². The lowest BCUT2D eigenvalue weighted by molar-refractivity contribution is 0.214. The summed E-state index contributed by atoms with van der Waals surface area (Å²) < 4.78 is 4.91. The fourth-order valence-electron chi connectivity index (χ4n) is 1.95. The summed E-state index contributed by atoms with van der Waals surface area (Å²) in [7, 11) is 0. The lowest BCUT2D eigenvalue weighted by atomic mass is 10.1. The van der Waals surface area contributed by atoms with E-state index in [0.717, 1.165) is 5.56 Å². The van der Waals surface area contributed by atoms with Crippen LogP contribution in [0, 0.1) is 18.3 Å². The van der Waals surface area contributed by atoms with Crippen molar-refractivity contribution in [1.29, 1.82) is 5.26 Å². The van der Waals surface area contributed by atoms with E-state index in [1.54, 1.807) is 42.2 Å². The van der Waals surface area contributed by atoms with Gasteiger partial charge < -0.3 is 9.42 Å². The number of nitriles is 1. The Labute approximate surface area is 128 Å². The lowest BCUT2D eigenvalue weighted by Crippen LogP contribution is -2.34. The molecule has 0 saturated carbocycles. The van der Waals surface area contributed by atoms with E-state index in [-0.39, 0.29) is 6.03 Å². The standard InChI is InChI=1S/C16H16N4O2/c1-3-7-20(11-14-6-4-5-13(9-14)10-17)16(21)18-15-8-12(2)22-19-15/h3-6,8-9H,1,7,11H2,2H3,(H,18,19,21). The van der Waals surface area contributed by atoms with Crippen molar-refractivity contribution in [3.63, 3.8) is 0 Å². The Hall–Kier alpha value is -3.07. The first-order chi connectivity index (χ1) is 10.6. The molecule has 0 radical (unpaired) electrons. The minimum Gasteiger partial charge on any atom is -0.360 e. The predicted octanol–water partition coefficient (Wildman–Crippen LogP) is 3.07. The van der Waals surface area contributed by atoms with Gasteiger partial charge in [-0.25, -0.2) is 4.79 Å². The number of nitrogens with one attached hydrogen (secondary N) is 1. The number of rotatable bonds is 5. The third kappa shape index (κ3) is 3.96. The van der Waals surface area contributed by atoms with Crippen LogP contribution in [0.3, 0.4) is 0 Å². The van der Waals surface area contributed by atoms with E-state index < -0.39 is 0 Å². The van der Waals surface area contributed by atoms with E-state index in [2.05, 4.69) is 23.1 Å². The van der Waals surface area contributed by atoms with Crippen LogP contribution in [0.5, 0.6) is 0 Å². The molecule has 1 N–H and O–H groups in total. The third-order valence-electron chi connectivity index (χ3n) is 2.93. The maximum atomic E-state index is 12.3. The van der Waals surface area contributed by atoms with Crippen LogP contribution in [-0.2, 0) is 6.54 Å². The normalized spacial score (nSPS) is 9.82. The second-order valence-corrected chi connectivity index (χ2v) is 4.73. The Bertz CT molecular complexity index is 715. The molecule has 6 nitrogen and oxygen atoms in total. The van der Waals surface area contributed by atoms with Gasteiger partial charge in [-0.05, 0) is 24.6 Å². The Kier molecular flexibility index (Phi) is 4.94. The van der Waals surface area contributed by atoms with Crippen molar-refractivity contribution in [3.05, 3.63) is 59.9 Å². The molecule has 2 rings (SSSR count). The van der Waals surface area contributed by atoms with Crippen LogP contribution >= 0.6 is 0 Å². The van der Waals surface area contributed by atoms with Gasteiger partial charge in [0.1, 0.15) is 5.76 Å². The summed E-state index contributed by atoms with van der Waals surface area (Å²) >= 11 is 0. The first kappa shape index (κ1) is 15.3. The van der Waals surface area contributed by atoms with Gasteiger partial charge >= 0.3 is 6.03 Å². The van der Waals surface area contributed by atoms with Crippen molar-refractivity contribution >= 4 is 11.8 Å². The van der Waals surface area contributed by atoms with Gasteiger partial charge in [0.15, 0.2) is 5.82 Å². The number of hydrogen-bond acceptors (Lipinski definition) is 4. The summed E-state index contributed by atoms with van der Waals surface area (Å²) in [5, 5.41) is 15.3. The van der Waals surface area contributed by atoms with Crippen LogP contribution in [0.25, 0.3) is 0 Å². The highest BCUT2D eigenvalue weighted by Gasteiger charge is 2.14. The molecule has 0 aliphatic carbocycles. The van der Waals surface area contributed by atoms with E-state index in [1.807, 2.05) is 6.07 Å². The number of benzene rings is 1. The average Bonchev–Trinajstić information content (AvgIpc) is 2.92. The molecule has 22 heavy (non-hydrogen) atoms. The summed E-state index contributed by atoms with van der Waals surface area (Å²) in [6, 6.07) is 10.5. The van der Waals surface area contributed by atoms with Gasteiger partial charge in [-0.1, -0.05) is 23.4 Å². The second-order valence-electron chi connectivity index (χ2n) is 4.73. The van der Waals surface area contributed by atoms with E-state index in [1.165, 1.54) is 0 Å². The van der Waals surface area contributed by atoms with E-state index in [9.17, 15) is 4.79 Å². The van der Waals surface area contributed by atoms with Crippen molar-refractivity contribution < 1.29 is 9.32 Å². The fraction of sp³-hybridized carbons (Fsp3) is 0.188. The SMILES string of the molecule is C=CCN(Cc1cccc(C#N)c1)C(=O)Nc1cc(C)on1. The molecule has 2 aromatic rings. The first-order valence-corrected chi connectivity index (χ1v) is 6.71. The number of anilines is 1. The zero-order valence-corrected chi connectivity index (χ0v) is 12.2. The molecule has 0 spiro atoms. The molecular weight excluding hydrogens is 280 g/mol. The molecule has 0 saturated heterocycles. The van der Waals surface area contributed by atoms with Crippen LogP contribution in [0.15, 0.2) is 47.5 Å². The molecular formula is C16H16N4O2. The summed E-state index contributed by atoms with van der Waals surface area (Å²) in [6.07, 6.45) is 1.64. The van der Waals surface area contributed by atoms with Crippen LogP contribution in [0.4, 0.5) is 10.6 Å². The number of aromatic nitrogens is 1. The Morgan fingerprint density at radius 2 is 2.36 bits per heavy atom. The monoisotopic (exact) mass is 296 g/mol. The number of hydrogen-bond donors (Lipinski definition) is 1. The Morgan fingerprint density at radius 1 is 1.55 bits per heavy atom. The molecule has 1 aromatic carbocycles. The van der Waals surface area contributed by atoms with Crippen molar-refractivity contribution in [1.82, 2.24) is 10.1 Å². The molecule has 1 aromatic heterocycles.